The predicted molar refractivity (Wildman–Crippen MR) is 146 cm³/mol. The third-order valence-corrected chi connectivity index (χ3v) is 7.10. The monoisotopic (exact) mass is 533 g/mol. The highest BCUT2D eigenvalue weighted by Gasteiger charge is 2.26. The average molecular weight is 534 g/mol. The van der Waals surface area contributed by atoms with Crippen LogP contribution >= 0.6 is 0 Å². The fraction of sp³-hybridized carbons (Fsp3) is 0.333. The molecule has 1 aliphatic heterocycles. The number of piperidine rings is 1. The van der Waals surface area contributed by atoms with Gasteiger partial charge in [0, 0.05) is 37.1 Å². The van der Waals surface area contributed by atoms with E-state index in [-0.39, 0.29) is 18.3 Å². The van der Waals surface area contributed by atoms with Gasteiger partial charge in [-0.05, 0) is 61.2 Å². The number of hydrogen-bond acceptors (Lipinski definition) is 7. The molecule has 0 bridgehead atoms. The van der Waals surface area contributed by atoms with Gasteiger partial charge in [0.2, 0.25) is 0 Å². The minimum Gasteiger partial charge on any atom is -0.496 e. The zero-order chi connectivity index (χ0) is 27.4. The topological polar surface area (TPSA) is 88.3 Å². The summed E-state index contributed by atoms with van der Waals surface area (Å²) in [4.78, 5) is 22.4. The third-order valence-electron chi connectivity index (χ3n) is 7.10. The van der Waals surface area contributed by atoms with E-state index in [2.05, 4.69) is 4.90 Å². The Kier molecular flexibility index (Phi) is 7.97. The van der Waals surface area contributed by atoms with E-state index in [1.807, 2.05) is 18.2 Å². The molecule has 204 valence electrons. The van der Waals surface area contributed by atoms with Crippen molar-refractivity contribution in [2.45, 2.75) is 31.9 Å². The molecule has 1 amide bonds. The Morgan fingerprint density at radius 1 is 1.15 bits per heavy atom. The van der Waals surface area contributed by atoms with Crippen LogP contribution in [-0.4, -0.2) is 60.9 Å². The number of hydrogen-bond donors (Lipinski definition) is 1. The van der Waals surface area contributed by atoms with Gasteiger partial charge < -0.3 is 28.8 Å². The van der Waals surface area contributed by atoms with E-state index in [9.17, 15) is 14.3 Å². The number of amides is 1. The number of aliphatic hydroxyl groups is 1. The third kappa shape index (κ3) is 5.83. The van der Waals surface area contributed by atoms with Gasteiger partial charge >= 0.3 is 0 Å². The lowest BCUT2D eigenvalue weighted by atomic mass is 10.0. The molecule has 1 N–H and O–H groups in total. The Bertz CT molecular complexity index is 1430. The Balaban J connectivity index is 1.57. The summed E-state index contributed by atoms with van der Waals surface area (Å²) in [5, 5.41) is 11.2. The number of β-amino-alcohol motifs (C(OH)–C–C–N with tert-alkyl or cyclic N) is 1. The molecule has 0 radical (unpaired) electrons. The first-order valence-electron chi connectivity index (χ1n) is 13.0. The fourth-order valence-corrected chi connectivity index (χ4v) is 5.06. The van der Waals surface area contributed by atoms with E-state index in [1.165, 1.54) is 24.7 Å². The smallest absolute Gasteiger partial charge is 0.257 e. The van der Waals surface area contributed by atoms with E-state index in [1.54, 1.807) is 37.3 Å². The van der Waals surface area contributed by atoms with Crippen molar-refractivity contribution in [3.8, 4) is 11.5 Å². The van der Waals surface area contributed by atoms with Crippen LogP contribution in [0.2, 0.25) is 0 Å². The van der Waals surface area contributed by atoms with Crippen LogP contribution in [0.25, 0.3) is 10.9 Å². The van der Waals surface area contributed by atoms with Crippen LogP contribution < -0.4 is 14.4 Å². The molecule has 0 spiro atoms. The molecule has 0 aliphatic carbocycles. The van der Waals surface area contributed by atoms with Crippen molar-refractivity contribution >= 4 is 22.6 Å². The van der Waals surface area contributed by atoms with Gasteiger partial charge in [0.1, 0.15) is 34.9 Å². The zero-order valence-electron chi connectivity index (χ0n) is 22.1. The number of halogens is 1. The van der Waals surface area contributed by atoms with Crippen molar-refractivity contribution in [1.29, 1.82) is 0 Å². The summed E-state index contributed by atoms with van der Waals surface area (Å²) >= 11 is 0. The first-order chi connectivity index (χ1) is 19.0. The lowest BCUT2D eigenvalue weighted by molar-refractivity contribution is 0.0744. The highest BCUT2D eigenvalue weighted by Crippen LogP contribution is 2.36. The van der Waals surface area contributed by atoms with E-state index >= 15 is 0 Å². The lowest BCUT2D eigenvalue weighted by Crippen LogP contribution is -2.40. The molecule has 9 heteroatoms. The average Bonchev–Trinajstić information content (AvgIpc) is 3.50. The maximum absolute atomic E-state index is 13.6. The summed E-state index contributed by atoms with van der Waals surface area (Å²) in [6.07, 6.45) is 4.55. The number of fused-ring (bicyclic) bond motifs is 1. The first-order valence-corrected chi connectivity index (χ1v) is 13.0. The number of pyridine rings is 1. The highest BCUT2D eigenvalue weighted by molar-refractivity contribution is 5.95. The number of carbonyl (C=O) groups is 1. The second kappa shape index (κ2) is 11.7. The molecule has 39 heavy (non-hydrogen) atoms. The standard InChI is InChI=1S/C30H32FN3O5/c1-37-26-9-10-27(38-2)28-25(26)16-22(29(32-28)33-13-3-4-24(35)18-33)17-34(30(36)21-12-15-39-19-21)14-11-20-5-7-23(31)8-6-20/h5-10,12,15-16,19,24,35H,3-4,11,13-14,17-18H2,1-2H3. The number of aliphatic hydroxyl groups excluding tert-OH is 1. The summed E-state index contributed by atoms with van der Waals surface area (Å²) in [6, 6.07) is 13.6. The lowest BCUT2D eigenvalue weighted by Gasteiger charge is -2.33. The SMILES string of the molecule is COc1ccc(OC)c2nc(N3CCCC(O)C3)c(CN(CCc3ccc(F)cc3)C(=O)c3ccoc3)cc12. The maximum atomic E-state index is 13.6. The van der Waals surface area contributed by atoms with Gasteiger partial charge in [0.15, 0.2) is 0 Å². The Morgan fingerprint density at radius 2 is 1.92 bits per heavy atom. The van der Waals surface area contributed by atoms with Crippen molar-refractivity contribution < 1.29 is 28.2 Å². The van der Waals surface area contributed by atoms with Crippen LogP contribution in [0.5, 0.6) is 11.5 Å². The van der Waals surface area contributed by atoms with Crippen LogP contribution in [0.15, 0.2) is 65.5 Å². The number of rotatable bonds is 9. The molecule has 1 fully saturated rings. The number of nitrogens with zero attached hydrogens (tertiary/aromatic N) is 3. The van der Waals surface area contributed by atoms with E-state index < -0.39 is 6.10 Å². The fourth-order valence-electron chi connectivity index (χ4n) is 5.06. The largest absolute Gasteiger partial charge is 0.496 e. The zero-order valence-corrected chi connectivity index (χ0v) is 22.1. The Labute approximate surface area is 226 Å². The van der Waals surface area contributed by atoms with Crippen LogP contribution in [0, 0.1) is 5.82 Å². The molecule has 0 saturated carbocycles. The maximum Gasteiger partial charge on any atom is 0.257 e. The van der Waals surface area contributed by atoms with Crippen LogP contribution in [0.4, 0.5) is 10.2 Å². The number of carbonyl (C=O) groups excluding carboxylic acids is 1. The van der Waals surface area contributed by atoms with Crippen molar-refractivity contribution in [3.05, 3.63) is 83.6 Å². The molecular formula is C30H32FN3O5. The summed E-state index contributed by atoms with van der Waals surface area (Å²) in [6.45, 7) is 1.84. The highest BCUT2D eigenvalue weighted by atomic mass is 19.1. The van der Waals surface area contributed by atoms with Crippen molar-refractivity contribution in [2.24, 2.45) is 0 Å². The first kappa shape index (κ1) is 26.5. The van der Waals surface area contributed by atoms with Gasteiger partial charge in [-0.2, -0.15) is 0 Å². The predicted octanol–water partition coefficient (Wildman–Crippen LogP) is 4.83. The van der Waals surface area contributed by atoms with E-state index in [0.717, 1.165) is 35.9 Å². The summed E-state index contributed by atoms with van der Waals surface area (Å²) in [5.74, 6) is 1.46. The van der Waals surface area contributed by atoms with Crippen LogP contribution in [0.3, 0.4) is 0 Å². The number of ether oxygens (including phenoxy) is 2. The van der Waals surface area contributed by atoms with Crippen molar-refractivity contribution in [2.75, 3.05) is 38.8 Å². The molecule has 3 heterocycles. The van der Waals surface area contributed by atoms with Gasteiger partial charge in [0.25, 0.3) is 5.91 Å². The molecule has 5 rings (SSSR count). The number of aromatic nitrogens is 1. The molecule has 2 aromatic carbocycles. The van der Waals surface area contributed by atoms with Gasteiger partial charge in [-0.1, -0.05) is 12.1 Å². The normalized spacial score (nSPS) is 15.4. The number of methoxy groups -OCH3 is 2. The Hall–Kier alpha value is -4.11. The molecule has 1 atom stereocenters. The molecular weight excluding hydrogens is 501 g/mol. The van der Waals surface area contributed by atoms with Gasteiger partial charge in [-0.15, -0.1) is 0 Å². The van der Waals surface area contributed by atoms with Gasteiger partial charge in [0.05, 0.1) is 32.2 Å². The molecule has 2 aromatic heterocycles. The summed E-state index contributed by atoms with van der Waals surface area (Å²) in [7, 11) is 3.20. The molecule has 1 saturated heterocycles. The molecule has 4 aromatic rings. The van der Waals surface area contributed by atoms with Crippen LogP contribution in [-0.2, 0) is 13.0 Å². The Morgan fingerprint density at radius 3 is 2.62 bits per heavy atom. The summed E-state index contributed by atoms with van der Waals surface area (Å²) in [5.41, 5.74) is 2.83. The molecule has 8 nitrogen and oxygen atoms in total. The number of furan rings is 1. The number of benzene rings is 2. The minimum atomic E-state index is -0.460. The minimum absolute atomic E-state index is 0.187. The summed E-state index contributed by atoms with van der Waals surface area (Å²) < 4.78 is 29.9. The van der Waals surface area contributed by atoms with Crippen molar-refractivity contribution in [1.82, 2.24) is 9.88 Å². The van der Waals surface area contributed by atoms with Gasteiger partial charge in [-0.3, -0.25) is 4.79 Å². The van der Waals surface area contributed by atoms with E-state index in [0.29, 0.717) is 47.9 Å². The van der Waals surface area contributed by atoms with E-state index in [4.69, 9.17) is 18.9 Å². The number of anilines is 1. The molecule has 1 unspecified atom stereocenters. The second-order valence-electron chi connectivity index (χ2n) is 9.69. The van der Waals surface area contributed by atoms with Gasteiger partial charge in [-0.25, -0.2) is 9.37 Å². The molecule has 1 aliphatic rings. The second-order valence-corrected chi connectivity index (χ2v) is 9.69. The van der Waals surface area contributed by atoms with Crippen LogP contribution in [0.1, 0.15) is 34.3 Å². The quantitative estimate of drug-likeness (QED) is 0.330. The van der Waals surface area contributed by atoms with Crippen molar-refractivity contribution in [3.63, 3.8) is 0 Å².